The highest BCUT2D eigenvalue weighted by molar-refractivity contribution is 5.84. The van der Waals surface area contributed by atoms with Crippen LogP contribution in [-0.2, 0) is 6.54 Å². The van der Waals surface area contributed by atoms with Gasteiger partial charge in [-0.2, -0.15) is 0 Å². The predicted octanol–water partition coefficient (Wildman–Crippen LogP) is 1.68. The zero-order chi connectivity index (χ0) is 14.6. The van der Waals surface area contributed by atoms with Crippen LogP contribution in [-0.4, -0.2) is 36.1 Å². The van der Waals surface area contributed by atoms with Gasteiger partial charge in [-0.15, -0.1) is 0 Å². The Kier molecular flexibility index (Phi) is 4.60. The second-order valence-corrected chi connectivity index (χ2v) is 5.28. The van der Waals surface area contributed by atoms with Crippen LogP contribution in [0.15, 0.2) is 36.4 Å². The second-order valence-electron chi connectivity index (χ2n) is 5.28. The van der Waals surface area contributed by atoms with Crippen LogP contribution in [0.5, 0.6) is 5.75 Å². The fourth-order valence-corrected chi connectivity index (χ4v) is 1.99. The first-order chi connectivity index (χ1) is 9.60. The number of hydrogen-bond acceptors (Lipinski definition) is 4. The standard InChI is InChI=1S/C16H21NO3/c1-16(10-18,11-19)17-9-12-3-4-14-8-15(20-2)6-5-13(14)7-12/h3-8,17-19H,9-11H2,1-2H3. The maximum absolute atomic E-state index is 9.26. The molecule has 0 saturated carbocycles. The summed E-state index contributed by atoms with van der Waals surface area (Å²) in [7, 11) is 1.66. The highest BCUT2D eigenvalue weighted by Crippen LogP contribution is 2.22. The van der Waals surface area contributed by atoms with Gasteiger partial charge < -0.3 is 20.3 Å². The Bertz CT molecular complexity index is 579. The summed E-state index contributed by atoms with van der Waals surface area (Å²) in [5.41, 5.74) is 0.449. The molecule has 0 saturated heterocycles. The third-order valence-corrected chi connectivity index (χ3v) is 3.53. The van der Waals surface area contributed by atoms with Gasteiger partial charge in [0, 0.05) is 6.54 Å². The Hall–Kier alpha value is -1.62. The van der Waals surface area contributed by atoms with E-state index in [-0.39, 0.29) is 13.2 Å². The Morgan fingerprint density at radius 2 is 1.70 bits per heavy atom. The van der Waals surface area contributed by atoms with E-state index < -0.39 is 5.54 Å². The Morgan fingerprint density at radius 3 is 2.35 bits per heavy atom. The lowest BCUT2D eigenvalue weighted by Gasteiger charge is -2.26. The van der Waals surface area contributed by atoms with Gasteiger partial charge in [-0.3, -0.25) is 0 Å². The van der Waals surface area contributed by atoms with Gasteiger partial charge in [-0.05, 0) is 41.5 Å². The first kappa shape index (κ1) is 14.8. The van der Waals surface area contributed by atoms with E-state index in [1.807, 2.05) is 30.3 Å². The molecule has 0 fully saturated rings. The number of rotatable bonds is 6. The molecule has 2 aromatic rings. The highest BCUT2D eigenvalue weighted by atomic mass is 16.5. The van der Waals surface area contributed by atoms with E-state index in [9.17, 15) is 10.2 Å². The van der Waals surface area contributed by atoms with E-state index in [1.165, 1.54) is 0 Å². The molecule has 0 radical (unpaired) electrons. The van der Waals surface area contributed by atoms with Crippen molar-refractivity contribution in [3.8, 4) is 5.75 Å². The minimum absolute atomic E-state index is 0.103. The fourth-order valence-electron chi connectivity index (χ4n) is 1.99. The van der Waals surface area contributed by atoms with Gasteiger partial charge in [-0.1, -0.05) is 18.2 Å². The first-order valence-electron chi connectivity index (χ1n) is 6.64. The summed E-state index contributed by atoms with van der Waals surface area (Å²) < 4.78 is 5.21. The Morgan fingerprint density at radius 1 is 1.05 bits per heavy atom. The fraction of sp³-hybridized carbons (Fsp3) is 0.375. The second kappa shape index (κ2) is 6.22. The van der Waals surface area contributed by atoms with Crippen LogP contribution in [0.1, 0.15) is 12.5 Å². The summed E-state index contributed by atoms with van der Waals surface area (Å²) in [6, 6.07) is 12.1. The van der Waals surface area contributed by atoms with Gasteiger partial charge in [0.05, 0.1) is 25.9 Å². The van der Waals surface area contributed by atoms with Gasteiger partial charge in [0.15, 0.2) is 0 Å². The molecule has 4 nitrogen and oxygen atoms in total. The molecule has 20 heavy (non-hydrogen) atoms. The van der Waals surface area contributed by atoms with Crippen molar-refractivity contribution < 1.29 is 14.9 Å². The number of aliphatic hydroxyl groups is 2. The minimum Gasteiger partial charge on any atom is -0.497 e. The van der Waals surface area contributed by atoms with Crippen LogP contribution in [0, 0.1) is 0 Å². The Balaban J connectivity index is 2.16. The number of benzene rings is 2. The highest BCUT2D eigenvalue weighted by Gasteiger charge is 2.20. The third kappa shape index (κ3) is 3.28. The average Bonchev–Trinajstić information content (AvgIpc) is 2.51. The lowest BCUT2D eigenvalue weighted by Crippen LogP contribution is -2.48. The smallest absolute Gasteiger partial charge is 0.119 e. The van der Waals surface area contributed by atoms with E-state index >= 15 is 0 Å². The molecule has 2 rings (SSSR count). The van der Waals surface area contributed by atoms with E-state index in [1.54, 1.807) is 14.0 Å². The molecule has 0 aliphatic carbocycles. The molecular formula is C16H21NO3. The van der Waals surface area contributed by atoms with Gasteiger partial charge in [-0.25, -0.2) is 0 Å². The number of fused-ring (bicyclic) bond motifs is 1. The molecule has 0 bridgehead atoms. The van der Waals surface area contributed by atoms with Crippen LogP contribution in [0.3, 0.4) is 0 Å². The normalized spacial score (nSPS) is 11.8. The van der Waals surface area contributed by atoms with Crippen molar-refractivity contribution in [1.82, 2.24) is 5.32 Å². The molecule has 0 spiro atoms. The summed E-state index contributed by atoms with van der Waals surface area (Å²) >= 11 is 0. The van der Waals surface area contributed by atoms with Crippen molar-refractivity contribution in [2.45, 2.75) is 19.0 Å². The van der Waals surface area contributed by atoms with Crippen molar-refractivity contribution in [2.24, 2.45) is 0 Å². The largest absolute Gasteiger partial charge is 0.497 e. The zero-order valence-electron chi connectivity index (χ0n) is 11.9. The molecule has 2 aromatic carbocycles. The molecule has 3 N–H and O–H groups in total. The maximum atomic E-state index is 9.26. The van der Waals surface area contributed by atoms with Crippen LogP contribution >= 0.6 is 0 Å². The van der Waals surface area contributed by atoms with Crippen LogP contribution < -0.4 is 10.1 Å². The van der Waals surface area contributed by atoms with E-state index in [2.05, 4.69) is 11.4 Å². The summed E-state index contributed by atoms with van der Waals surface area (Å²) in [6.07, 6.45) is 0. The van der Waals surface area contributed by atoms with E-state index in [0.29, 0.717) is 6.54 Å². The molecule has 108 valence electrons. The molecular weight excluding hydrogens is 254 g/mol. The van der Waals surface area contributed by atoms with Gasteiger partial charge >= 0.3 is 0 Å². The molecule has 4 heteroatoms. The number of hydrogen-bond donors (Lipinski definition) is 3. The molecule has 0 heterocycles. The monoisotopic (exact) mass is 275 g/mol. The molecule has 0 amide bonds. The maximum Gasteiger partial charge on any atom is 0.119 e. The lowest BCUT2D eigenvalue weighted by molar-refractivity contribution is 0.103. The van der Waals surface area contributed by atoms with Gasteiger partial charge in [0.1, 0.15) is 5.75 Å². The Labute approximate surface area is 119 Å². The average molecular weight is 275 g/mol. The third-order valence-electron chi connectivity index (χ3n) is 3.53. The van der Waals surface area contributed by atoms with Crippen molar-refractivity contribution in [2.75, 3.05) is 20.3 Å². The van der Waals surface area contributed by atoms with Crippen LogP contribution in [0.25, 0.3) is 10.8 Å². The number of nitrogens with one attached hydrogen (secondary N) is 1. The summed E-state index contributed by atoms with van der Waals surface area (Å²) in [5, 5.41) is 24.0. The number of methoxy groups -OCH3 is 1. The number of ether oxygens (including phenoxy) is 1. The van der Waals surface area contributed by atoms with Crippen molar-refractivity contribution in [1.29, 1.82) is 0 Å². The first-order valence-corrected chi connectivity index (χ1v) is 6.64. The van der Waals surface area contributed by atoms with Crippen molar-refractivity contribution >= 4 is 10.8 Å². The zero-order valence-corrected chi connectivity index (χ0v) is 11.9. The summed E-state index contributed by atoms with van der Waals surface area (Å²) in [5.74, 6) is 0.844. The van der Waals surface area contributed by atoms with Crippen LogP contribution in [0.2, 0.25) is 0 Å². The summed E-state index contributed by atoms with van der Waals surface area (Å²) in [4.78, 5) is 0. The van der Waals surface area contributed by atoms with Crippen LogP contribution in [0.4, 0.5) is 0 Å². The van der Waals surface area contributed by atoms with E-state index in [4.69, 9.17) is 4.74 Å². The van der Waals surface area contributed by atoms with Gasteiger partial charge in [0.25, 0.3) is 0 Å². The quantitative estimate of drug-likeness (QED) is 0.750. The molecule has 0 aliphatic heterocycles. The van der Waals surface area contributed by atoms with Crippen molar-refractivity contribution in [3.63, 3.8) is 0 Å². The number of aliphatic hydroxyl groups excluding tert-OH is 2. The van der Waals surface area contributed by atoms with Crippen molar-refractivity contribution in [3.05, 3.63) is 42.0 Å². The molecule has 0 aliphatic rings. The lowest BCUT2D eigenvalue weighted by atomic mass is 10.0. The van der Waals surface area contributed by atoms with Gasteiger partial charge in [0.2, 0.25) is 0 Å². The van der Waals surface area contributed by atoms with E-state index in [0.717, 1.165) is 22.1 Å². The molecule has 0 aromatic heterocycles. The SMILES string of the molecule is COc1ccc2cc(CNC(C)(CO)CO)ccc2c1. The molecule has 0 atom stereocenters. The molecule has 0 unspecified atom stereocenters. The summed E-state index contributed by atoms with van der Waals surface area (Å²) in [6.45, 7) is 2.18. The predicted molar refractivity (Wildman–Crippen MR) is 79.9 cm³/mol. The minimum atomic E-state index is -0.658. The topological polar surface area (TPSA) is 61.7 Å².